The number of nitrogens with two attached hydrogens (primary N) is 1. The van der Waals surface area contributed by atoms with Crippen LogP contribution in [-0.2, 0) is 6.42 Å². The summed E-state index contributed by atoms with van der Waals surface area (Å²) in [6.45, 7) is 3.52. The van der Waals surface area contributed by atoms with E-state index in [2.05, 4.69) is 22.2 Å². The van der Waals surface area contributed by atoms with Crippen molar-refractivity contribution in [2.45, 2.75) is 32.6 Å². The number of aromatic nitrogens is 2. The fourth-order valence-corrected chi connectivity index (χ4v) is 2.47. The van der Waals surface area contributed by atoms with Crippen LogP contribution < -0.4 is 25.3 Å². The molecule has 0 spiro atoms. The van der Waals surface area contributed by atoms with Gasteiger partial charge in [0.05, 0.1) is 27.0 Å². The standard InChI is InChI=1S/C19H28N4O3/c1-4-5-8-21-18-17(13-22-19(20)23-18)26-9-6-7-14-10-15(24-2)12-16(11-14)25-3/h10-13H,4-9H2,1-3H3,(H3,20,21,22,23). The number of methoxy groups -OCH3 is 2. The molecule has 0 amide bonds. The van der Waals surface area contributed by atoms with E-state index in [1.807, 2.05) is 18.2 Å². The molecule has 26 heavy (non-hydrogen) atoms. The molecule has 7 nitrogen and oxygen atoms in total. The molecule has 3 N–H and O–H groups in total. The molecule has 0 unspecified atom stereocenters. The molecular formula is C19H28N4O3. The van der Waals surface area contributed by atoms with E-state index in [-0.39, 0.29) is 5.95 Å². The zero-order valence-corrected chi connectivity index (χ0v) is 15.7. The van der Waals surface area contributed by atoms with Crippen LogP contribution in [0.5, 0.6) is 17.2 Å². The quantitative estimate of drug-likeness (QED) is 0.594. The van der Waals surface area contributed by atoms with Gasteiger partial charge in [0, 0.05) is 12.6 Å². The molecule has 0 aliphatic carbocycles. The van der Waals surface area contributed by atoms with Crippen LogP contribution >= 0.6 is 0 Å². The number of unbranched alkanes of at least 4 members (excludes halogenated alkanes) is 1. The maximum absolute atomic E-state index is 5.85. The van der Waals surface area contributed by atoms with Crippen LogP contribution in [0, 0.1) is 0 Å². The van der Waals surface area contributed by atoms with Gasteiger partial charge in [-0.15, -0.1) is 0 Å². The highest BCUT2D eigenvalue weighted by Gasteiger charge is 2.07. The maximum Gasteiger partial charge on any atom is 0.222 e. The molecule has 0 saturated heterocycles. The van der Waals surface area contributed by atoms with Gasteiger partial charge >= 0.3 is 0 Å². The summed E-state index contributed by atoms with van der Waals surface area (Å²) in [5.41, 5.74) is 6.81. The van der Waals surface area contributed by atoms with E-state index in [1.54, 1.807) is 20.4 Å². The summed E-state index contributed by atoms with van der Waals surface area (Å²) in [6.07, 6.45) is 5.47. The Kier molecular flexibility index (Phi) is 7.79. The summed E-state index contributed by atoms with van der Waals surface area (Å²) in [7, 11) is 3.30. The highest BCUT2D eigenvalue weighted by Crippen LogP contribution is 2.24. The van der Waals surface area contributed by atoms with Gasteiger partial charge in [0.2, 0.25) is 5.95 Å². The number of aryl methyl sites for hydroxylation is 1. The summed E-state index contributed by atoms with van der Waals surface area (Å²) in [6, 6.07) is 5.87. The second-order valence-electron chi connectivity index (χ2n) is 5.89. The van der Waals surface area contributed by atoms with E-state index in [1.165, 1.54) is 0 Å². The lowest BCUT2D eigenvalue weighted by Gasteiger charge is -2.12. The minimum absolute atomic E-state index is 0.236. The van der Waals surface area contributed by atoms with E-state index >= 15 is 0 Å². The predicted octanol–water partition coefficient (Wildman–Crippen LogP) is 3.30. The van der Waals surface area contributed by atoms with E-state index in [4.69, 9.17) is 19.9 Å². The van der Waals surface area contributed by atoms with Crippen molar-refractivity contribution in [3.05, 3.63) is 30.0 Å². The number of nitrogens with one attached hydrogen (secondary N) is 1. The van der Waals surface area contributed by atoms with Crippen molar-refractivity contribution in [1.82, 2.24) is 9.97 Å². The first-order valence-corrected chi connectivity index (χ1v) is 8.87. The van der Waals surface area contributed by atoms with Crippen LogP contribution in [0.3, 0.4) is 0 Å². The number of ether oxygens (including phenoxy) is 3. The topological polar surface area (TPSA) is 91.5 Å². The third-order valence-corrected chi connectivity index (χ3v) is 3.88. The Morgan fingerprint density at radius 3 is 2.46 bits per heavy atom. The predicted molar refractivity (Wildman–Crippen MR) is 103 cm³/mol. The van der Waals surface area contributed by atoms with Gasteiger partial charge in [-0.2, -0.15) is 4.98 Å². The highest BCUT2D eigenvalue weighted by molar-refractivity contribution is 5.51. The van der Waals surface area contributed by atoms with Crippen molar-refractivity contribution in [3.8, 4) is 17.2 Å². The Morgan fingerprint density at radius 1 is 1.08 bits per heavy atom. The van der Waals surface area contributed by atoms with E-state index in [0.29, 0.717) is 18.2 Å². The summed E-state index contributed by atoms with van der Waals surface area (Å²) >= 11 is 0. The molecule has 1 aromatic carbocycles. The lowest BCUT2D eigenvalue weighted by molar-refractivity contribution is 0.310. The lowest BCUT2D eigenvalue weighted by atomic mass is 10.1. The molecular weight excluding hydrogens is 332 g/mol. The summed E-state index contributed by atoms with van der Waals surface area (Å²) in [5, 5.41) is 3.25. The van der Waals surface area contributed by atoms with Gasteiger partial charge in [-0.1, -0.05) is 13.3 Å². The minimum atomic E-state index is 0.236. The molecule has 1 aromatic heterocycles. The van der Waals surface area contributed by atoms with Crippen molar-refractivity contribution < 1.29 is 14.2 Å². The molecule has 0 radical (unpaired) electrons. The number of benzene rings is 1. The molecule has 0 saturated carbocycles. The number of nitrogens with zero attached hydrogens (tertiary/aromatic N) is 2. The Morgan fingerprint density at radius 2 is 1.81 bits per heavy atom. The molecule has 2 aromatic rings. The molecule has 142 valence electrons. The van der Waals surface area contributed by atoms with Gasteiger partial charge in [-0.05, 0) is 37.0 Å². The molecule has 0 aliphatic heterocycles. The van der Waals surface area contributed by atoms with E-state index in [9.17, 15) is 0 Å². The third-order valence-electron chi connectivity index (χ3n) is 3.88. The maximum atomic E-state index is 5.85. The summed E-state index contributed by atoms with van der Waals surface area (Å²) in [5.74, 6) is 3.08. The van der Waals surface area contributed by atoms with Crippen LogP contribution in [0.2, 0.25) is 0 Å². The highest BCUT2D eigenvalue weighted by atomic mass is 16.5. The van der Waals surface area contributed by atoms with Crippen molar-refractivity contribution in [2.75, 3.05) is 38.4 Å². The van der Waals surface area contributed by atoms with Gasteiger partial charge in [-0.3, -0.25) is 0 Å². The number of nitrogen functional groups attached to an aromatic ring is 1. The number of hydrogen-bond acceptors (Lipinski definition) is 7. The van der Waals surface area contributed by atoms with Gasteiger partial charge in [0.1, 0.15) is 11.5 Å². The molecule has 0 fully saturated rings. The summed E-state index contributed by atoms with van der Waals surface area (Å²) in [4.78, 5) is 8.24. The molecule has 0 bridgehead atoms. The zero-order valence-electron chi connectivity index (χ0n) is 15.7. The Labute approximate surface area is 154 Å². The molecule has 2 rings (SSSR count). The minimum Gasteiger partial charge on any atom is -0.497 e. The van der Waals surface area contributed by atoms with Gasteiger partial charge in [0.25, 0.3) is 0 Å². The molecule has 1 heterocycles. The van der Waals surface area contributed by atoms with Crippen LogP contribution in [0.25, 0.3) is 0 Å². The number of anilines is 2. The van der Waals surface area contributed by atoms with E-state index < -0.39 is 0 Å². The average Bonchev–Trinajstić information content (AvgIpc) is 2.66. The van der Waals surface area contributed by atoms with Gasteiger partial charge in [0.15, 0.2) is 11.6 Å². The molecule has 0 atom stereocenters. The average molecular weight is 360 g/mol. The van der Waals surface area contributed by atoms with Crippen molar-refractivity contribution in [1.29, 1.82) is 0 Å². The normalized spacial score (nSPS) is 10.4. The first kappa shape index (κ1) is 19.6. The van der Waals surface area contributed by atoms with Crippen molar-refractivity contribution in [2.24, 2.45) is 0 Å². The van der Waals surface area contributed by atoms with Crippen molar-refractivity contribution >= 4 is 11.8 Å². The Bertz CT molecular complexity index is 672. The van der Waals surface area contributed by atoms with Gasteiger partial charge < -0.3 is 25.3 Å². The number of rotatable bonds is 11. The first-order valence-electron chi connectivity index (χ1n) is 8.87. The zero-order chi connectivity index (χ0) is 18.8. The van der Waals surface area contributed by atoms with E-state index in [0.717, 1.165) is 49.3 Å². The Balaban J connectivity index is 1.89. The van der Waals surface area contributed by atoms with Crippen LogP contribution in [0.1, 0.15) is 31.7 Å². The second-order valence-corrected chi connectivity index (χ2v) is 5.89. The molecule has 0 aliphatic rings. The van der Waals surface area contributed by atoms with Crippen LogP contribution in [0.4, 0.5) is 11.8 Å². The fraction of sp³-hybridized carbons (Fsp3) is 0.474. The second kappa shape index (κ2) is 10.3. The SMILES string of the molecule is CCCCNc1nc(N)ncc1OCCCc1cc(OC)cc(OC)c1. The Hall–Kier alpha value is -2.70. The third kappa shape index (κ3) is 5.98. The van der Waals surface area contributed by atoms with Crippen LogP contribution in [0.15, 0.2) is 24.4 Å². The van der Waals surface area contributed by atoms with Crippen molar-refractivity contribution in [3.63, 3.8) is 0 Å². The fourth-order valence-electron chi connectivity index (χ4n) is 2.47. The first-order chi connectivity index (χ1) is 12.7. The largest absolute Gasteiger partial charge is 0.497 e. The van der Waals surface area contributed by atoms with Crippen LogP contribution in [-0.4, -0.2) is 37.3 Å². The number of hydrogen-bond donors (Lipinski definition) is 2. The van der Waals surface area contributed by atoms with Gasteiger partial charge in [-0.25, -0.2) is 4.98 Å². The summed E-state index contributed by atoms with van der Waals surface area (Å²) < 4.78 is 16.4. The molecule has 7 heteroatoms. The monoisotopic (exact) mass is 360 g/mol. The smallest absolute Gasteiger partial charge is 0.222 e. The lowest BCUT2D eigenvalue weighted by Crippen LogP contribution is -2.09.